The lowest BCUT2D eigenvalue weighted by Crippen LogP contribution is -2.52. The molecular formula is C21H22N2O3. The molecule has 1 atom stereocenters. The van der Waals surface area contributed by atoms with Gasteiger partial charge in [-0.1, -0.05) is 55.8 Å². The summed E-state index contributed by atoms with van der Waals surface area (Å²) >= 11 is 0. The number of hydrogen-bond acceptors (Lipinski definition) is 3. The van der Waals surface area contributed by atoms with Crippen LogP contribution in [0.25, 0.3) is 0 Å². The predicted molar refractivity (Wildman–Crippen MR) is 98.6 cm³/mol. The van der Waals surface area contributed by atoms with Crippen LogP contribution >= 0.6 is 0 Å². The zero-order valence-electron chi connectivity index (χ0n) is 15.2. The van der Waals surface area contributed by atoms with Crippen molar-refractivity contribution in [2.45, 2.75) is 33.4 Å². The maximum absolute atomic E-state index is 12.8. The molecule has 0 bridgehead atoms. The van der Waals surface area contributed by atoms with Crippen LogP contribution in [0.3, 0.4) is 0 Å². The van der Waals surface area contributed by atoms with Gasteiger partial charge >= 0.3 is 0 Å². The van der Waals surface area contributed by atoms with Crippen molar-refractivity contribution < 1.29 is 14.4 Å². The summed E-state index contributed by atoms with van der Waals surface area (Å²) in [4.78, 5) is 39.3. The van der Waals surface area contributed by atoms with Gasteiger partial charge in [0.25, 0.3) is 11.8 Å². The average Bonchev–Trinajstić information content (AvgIpc) is 2.87. The Kier molecular flexibility index (Phi) is 4.89. The van der Waals surface area contributed by atoms with Crippen LogP contribution in [0.4, 0.5) is 0 Å². The number of fused-ring (bicyclic) bond motifs is 1. The zero-order valence-corrected chi connectivity index (χ0v) is 15.2. The van der Waals surface area contributed by atoms with E-state index in [1.165, 1.54) is 0 Å². The molecule has 3 amide bonds. The first-order valence-electron chi connectivity index (χ1n) is 8.70. The van der Waals surface area contributed by atoms with Gasteiger partial charge in [-0.15, -0.1) is 0 Å². The standard InChI is InChI=1S/C21H22N2O3/c1-13(2)18(19(24)22-12-15-10-8-14(3)9-11-15)23-20(25)16-6-4-5-7-17(16)21(23)26/h4-11,13,18H,12H2,1-3H3,(H,22,24)/t18-/m0/s1. The van der Waals surface area contributed by atoms with Crippen LogP contribution in [-0.4, -0.2) is 28.7 Å². The molecule has 0 unspecified atom stereocenters. The first kappa shape index (κ1) is 17.9. The Labute approximate surface area is 153 Å². The van der Waals surface area contributed by atoms with Crippen LogP contribution in [0.2, 0.25) is 0 Å². The molecule has 2 aromatic carbocycles. The number of carbonyl (C=O) groups is 3. The first-order chi connectivity index (χ1) is 12.4. The molecule has 1 aliphatic heterocycles. The lowest BCUT2D eigenvalue weighted by molar-refractivity contribution is -0.126. The normalized spacial score (nSPS) is 14.5. The molecule has 134 valence electrons. The molecule has 0 saturated carbocycles. The van der Waals surface area contributed by atoms with E-state index in [1.54, 1.807) is 24.3 Å². The predicted octanol–water partition coefficient (Wildman–Crippen LogP) is 2.93. The van der Waals surface area contributed by atoms with Gasteiger partial charge in [0, 0.05) is 6.54 Å². The summed E-state index contributed by atoms with van der Waals surface area (Å²) in [5.41, 5.74) is 2.82. The highest BCUT2D eigenvalue weighted by molar-refractivity contribution is 6.22. The number of imide groups is 1. The van der Waals surface area contributed by atoms with Crippen molar-refractivity contribution >= 4 is 17.7 Å². The Morgan fingerprint density at radius 3 is 2.00 bits per heavy atom. The second-order valence-corrected chi connectivity index (χ2v) is 6.92. The summed E-state index contributed by atoms with van der Waals surface area (Å²) in [5.74, 6) is -1.34. The van der Waals surface area contributed by atoms with Crippen molar-refractivity contribution in [2.24, 2.45) is 5.92 Å². The van der Waals surface area contributed by atoms with Gasteiger partial charge in [0.1, 0.15) is 6.04 Å². The van der Waals surface area contributed by atoms with Gasteiger partial charge in [-0.2, -0.15) is 0 Å². The van der Waals surface area contributed by atoms with Crippen LogP contribution in [0.15, 0.2) is 48.5 Å². The highest BCUT2D eigenvalue weighted by atomic mass is 16.2. The van der Waals surface area contributed by atoms with Gasteiger partial charge in [-0.05, 0) is 30.5 Å². The van der Waals surface area contributed by atoms with E-state index in [0.29, 0.717) is 17.7 Å². The molecule has 26 heavy (non-hydrogen) atoms. The van der Waals surface area contributed by atoms with Gasteiger partial charge in [0.15, 0.2) is 0 Å². The summed E-state index contributed by atoms with van der Waals surface area (Å²) in [6.07, 6.45) is 0. The molecule has 0 fully saturated rings. The molecule has 5 heteroatoms. The minimum atomic E-state index is -0.840. The smallest absolute Gasteiger partial charge is 0.262 e. The van der Waals surface area contributed by atoms with Gasteiger partial charge < -0.3 is 5.32 Å². The Balaban J connectivity index is 1.79. The van der Waals surface area contributed by atoms with Crippen LogP contribution < -0.4 is 5.32 Å². The summed E-state index contributed by atoms with van der Waals surface area (Å²) in [5, 5.41) is 2.86. The van der Waals surface area contributed by atoms with Crippen LogP contribution in [0, 0.1) is 12.8 Å². The van der Waals surface area contributed by atoms with Crippen LogP contribution in [0.5, 0.6) is 0 Å². The molecular weight excluding hydrogens is 328 g/mol. The topological polar surface area (TPSA) is 66.5 Å². The number of benzene rings is 2. The third kappa shape index (κ3) is 3.25. The molecule has 0 radical (unpaired) electrons. The van der Waals surface area contributed by atoms with E-state index in [-0.39, 0.29) is 11.8 Å². The van der Waals surface area contributed by atoms with E-state index in [0.717, 1.165) is 16.0 Å². The van der Waals surface area contributed by atoms with Crippen molar-refractivity contribution in [2.75, 3.05) is 0 Å². The highest BCUT2D eigenvalue weighted by Crippen LogP contribution is 2.27. The van der Waals surface area contributed by atoms with E-state index >= 15 is 0 Å². The summed E-state index contributed by atoms with van der Waals surface area (Å²) in [6, 6.07) is 13.7. The van der Waals surface area contributed by atoms with Crippen molar-refractivity contribution in [1.82, 2.24) is 10.2 Å². The Morgan fingerprint density at radius 2 is 1.50 bits per heavy atom. The molecule has 2 aromatic rings. The van der Waals surface area contributed by atoms with Gasteiger partial charge in [0.2, 0.25) is 5.91 Å². The molecule has 0 saturated heterocycles. The number of nitrogens with one attached hydrogen (secondary N) is 1. The van der Waals surface area contributed by atoms with Crippen molar-refractivity contribution in [3.63, 3.8) is 0 Å². The zero-order chi connectivity index (χ0) is 18.8. The fourth-order valence-corrected chi connectivity index (χ4v) is 3.18. The lowest BCUT2D eigenvalue weighted by atomic mass is 10.0. The van der Waals surface area contributed by atoms with Gasteiger partial charge in [0.05, 0.1) is 11.1 Å². The quantitative estimate of drug-likeness (QED) is 0.843. The van der Waals surface area contributed by atoms with E-state index in [2.05, 4.69) is 5.32 Å². The number of carbonyl (C=O) groups excluding carboxylic acids is 3. The lowest BCUT2D eigenvalue weighted by Gasteiger charge is -2.28. The van der Waals surface area contributed by atoms with Crippen LogP contribution in [0.1, 0.15) is 45.7 Å². The fourth-order valence-electron chi connectivity index (χ4n) is 3.18. The van der Waals surface area contributed by atoms with E-state index in [1.807, 2.05) is 45.0 Å². The Hall–Kier alpha value is -2.95. The maximum Gasteiger partial charge on any atom is 0.262 e. The number of nitrogens with zero attached hydrogens (tertiary/aromatic N) is 1. The van der Waals surface area contributed by atoms with Crippen molar-refractivity contribution in [3.8, 4) is 0 Å². The molecule has 0 aliphatic carbocycles. The SMILES string of the molecule is Cc1ccc(CNC(=O)[C@H](C(C)C)N2C(=O)c3ccccc3C2=O)cc1. The molecule has 1 heterocycles. The fraction of sp³-hybridized carbons (Fsp3) is 0.286. The first-order valence-corrected chi connectivity index (χ1v) is 8.70. The van der Waals surface area contributed by atoms with E-state index in [4.69, 9.17) is 0 Å². The molecule has 1 N–H and O–H groups in total. The Bertz CT molecular complexity index is 821. The third-order valence-corrected chi connectivity index (χ3v) is 4.59. The highest BCUT2D eigenvalue weighted by Gasteiger charge is 2.43. The number of hydrogen-bond donors (Lipinski definition) is 1. The Morgan fingerprint density at radius 1 is 0.962 bits per heavy atom. The van der Waals surface area contributed by atoms with E-state index < -0.39 is 17.9 Å². The minimum Gasteiger partial charge on any atom is -0.350 e. The molecule has 1 aliphatic rings. The van der Waals surface area contributed by atoms with Crippen molar-refractivity contribution in [1.29, 1.82) is 0 Å². The number of rotatable bonds is 5. The largest absolute Gasteiger partial charge is 0.350 e. The van der Waals surface area contributed by atoms with Gasteiger partial charge in [-0.25, -0.2) is 0 Å². The maximum atomic E-state index is 12.8. The van der Waals surface area contributed by atoms with E-state index in [9.17, 15) is 14.4 Å². The molecule has 0 spiro atoms. The van der Waals surface area contributed by atoms with Crippen molar-refractivity contribution in [3.05, 3.63) is 70.8 Å². The average molecular weight is 350 g/mol. The third-order valence-electron chi connectivity index (χ3n) is 4.59. The number of amides is 3. The second-order valence-electron chi connectivity index (χ2n) is 6.92. The summed E-state index contributed by atoms with van der Waals surface area (Å²) < 4.78 is 0. The van der Waals surface area contributed by atoms with Crippen LogP contribution in [-0.2, 0) is 11.3 Å². The second kappa shape index (κ2) is 7.12. The molecule has 0 aromatic heterocycles. The molecule has 5 nitrogen and oxygen atoms in total. The monoisotopic (exact) mass is 350 g/mol. The van der Waals surface area contributed by atoms with Gasteiger partial charge in [-0.3, -0.25) is 19.3 Å². The number of aryl methyl sites for hydroxylation is 1. The minimum absolute atomic E-state index is 0.199. The summed E-state index contributed by atoms with van der Waals surface area (Å²) in [6.45, 7) is 6.02. The molecule has 3 rings (SSSR count). The summed E-state index contributed by atoms with van der Waals surface area (Å²) in [7, 11) is 0.